The van der Waals surface area contributed by atoms with Crippen molar-refractivity contribution < 1.29 is 14.3 Å². The Morgan fingerprint density at radius 2 is 1.94 bits per heavy atom. The number of carbonyl (C=O) groups is 1. The van der Waals surface area contributed by atoms with Gasteiger partial charge < -0.3 is 9.52 Å². The fourth-order valence-electron chi connectivity index (χ4n) is 2.34. The van der Waals surface area contributed by atoms with Crippen LogP contribution in [0.15, 0.2) is 16.5 Å². The van der Waals surface area contributed by atoms with Crippen LogP contribution in [0.5, 0.6) is 0 Å². The third-order valence-corrected chi connectivity index (χ3v) is 2.94. The third-order valence-electron chi connectivity index (χ3n) is 2.94. The molecule has 90 valence electrons. The Morgan fingerprint density at radius 3 is 2.47 bits per heavy atom. The van der Waals surface area contributed by atoms with Gasteiger partial charge >= 0.3 is 5.97 Å². The molecule has 0 bridgehead atoms. The molecule has 3 nitrogen and oxygen atoms in total. The van der Waals surface area contributed by atoms with Gasteiger partial charge in [-0.1, -0.05) is 19.9 Å². The summed E-state index contributed by atoms with van der Waals surface area (Å²) in [6.45, 7) is 7.93. The van der Waals surface area contributed by atoms with Gasteiger partial charge in [-0.15, -0.1) is 0 Å². The predicted molar refractivity (Wildman–Crippen MR) is 66.7 cm³/mol. The van der Waals surface area contributed by atoms with E-state index in [1.807, 2.05) is 33.8 Å². The SMILES string of the molecule is Cc1cc(C)c2c(C(C)C)c(C(=O)O)oc2c1. The fourth-order valence-corrected chi connectivity index (χ4v) is 2.34. The molecule has 0 radical (unpaired) electrons. The lowest BCUT2D eigenvalue weighted by Gasteiger charge is -2.05. The number of benzene rings is 1. The van der Waals surface area contributed by atoms with Crippen LogP contribution in [0.4, 0.5) is 0 Å². The summed E-state index contributed by atoms with van der Waals surface area (Å²) in [7, 11) is 0. The molecule has 3 heteroatoms. The van der Waals surface area contributed by atoms with E-state index in [9.17, 15) is 9.90 Å². The van der Waals surface area contributed by atoms with Crippen molar-refractivity contribution in [3.63, 3.8) is 0 Å². The monoisotopic (exact) mass is 232 g/mol. The summed E-state index contributed by atoms with van der Waals surface area (Å²) >= 11 is 0. The summed E-state index contributed by atoms with van der Waals surface area (Å²) in [5.41, 5.74) is 3.62. The second-order valence-electron chi connectivity index (χ2n) is 4.76. The van der Waals surface area contributed by atoms with Gasteiger partial charge in [-0.2, -0.15) is 0 Å². The standard InChI is InChI=1S/C14H16O3/c1-7(2)11-12-9(4)5-8(3)6-10(12)17-13(11)14(15)16/h5-7H,1-4H3,(H,15,16). The fraction of sp³-hybridized carbons (Fsp3) is 0.357. The topological polar surface area (TPSA) is 50.4 Å². The van der Waals surface area contributed by atoms with Crippen molar-refractivity contribution in [2.45, 2.75) is 33.6 Å². The first-order chi connectivity index (χ1) is 7.91. The van der Waals surface area contributed by atoms with E-state index in [1.54, 1.807) is 0 Å². The number of furan rings is 1. The van der Waals surface area contributed by atoms with Crippen LogP contribution in [0.3, 0.4) is 0 Å². The first-order valence-electron chi connectivity index (χ1n) is 5.68. The summed E-state index contributed by atoms with van der Waals surface area (Å²) in [6.07, 6.45) is 0. The molecule has 0 aliphatic heterocycles. The van der Waals surface area contributed by atoms with Crippen LogP contribution >= 0.6 is 0 Å². The number of hydrogen-bond acceptors (Lipinski definition) is 2. The molecule has 0 spiro atoms. The molecule has 0 amide bonds. The first-order valence-corrected chi connectivity index (χ1v) is 5.68. The van der Waals surface area contributed by atoms with Crippen molar-refractivity contribution in [2.75, 3.05) is 0 Å². The molecule has 0 fully saturated rings. The largest absolute Gasteiger partial charge is 0.475 e. The van der Waals surface area contributed by atoms with Crippen molar-refractivity contribution in [1.82, 2.24) is 0 Å². The van der Waals surface area contributed by atoms with E-state index >= 15 is 0 Å². The average molecular weight is 232 g/mol. The summed E-state index contributed by atoms with van der Waals surface area (Å²) in [6, 6.07) is 3.94. The van der Waals surface area contributed by atoms with Crippen molar-refractivity contribution in [3.05, 3.63) is 34.6 Å². The molecule has 0 saturated heterocycles. The van der Waals surface area contributed by atoms with Crippen LogP contribution in [0.25, 0.3) is 11.0 Å². The van der Waals surface area contributed by atoms with Gasteiger partial charge in [-0.25, -0.2) is 4.79 Å². The summed E-state index contributed by atoms with van der Waals surface area (Å²) < 4.78 is 5.48. The molecule has 1 aromatic heterocycles. The van der Waals surface area contributed by atoms with Crippen molar-refractivity contribution >= 4 is 16.9 Å². The molecule has 0 aliphatic rings. The average Bonchev–Trinajstić information content (AvgIpc) is 2.56. The van der Waals surface area contributed by atoms with Gasteiger partial charge in [0.25, 0.3) is 0 Å². The molecule has 0 atom stereocenters. The van der Waals surface area contributed by atoms with Crippen LogP contribution in [0.2, 0.25) is 0 Å². The van der Waals surface area contributed by atoms with Gasteiger partial charge in [0.1, 0.15) is 5.58 Å². The zero-order valence-electron chi connectivity index (χ0n) is 10.5. The van der Waals surface area contributed by atoms with E-state index in [2.05, 4.69) is 6.07 Å². The van der Waals surface area contributed by atoms with Gasteiger partial charge in [-0.05, 0) is 37.0 Å². The van der Waals surface area contributed by atoms with Crippen molar-refractivity contribution in [1.29, 1.82) is 0 Å². The minimum Gasteiger partial charge on any atom is -0.475 e. The molecular weight excluding hydrogens is 216 g/mol. The summed E-state index contributed by atoms with van der Waals surface area (Å²) in [4.78, 5) is 11.2. The molecule has 0 saturated carbocycles. The van der Waals surface area contributed by atoms with E-state index in [-0.39, 0.29) is 11.7 Å². The second-order valence-corrected chi connectivity index (χ2v) is 4.76. The highest BCUT2D eigenvalue weighted by Crippen LogP contribution is 2.34. The highest BCUT2D eigenvalue weighted by atomic mass is 16.4. The van der Waals surface area contributed by atoms with Gasteiger partial charge in [0.15, 0.2) is 0 Å². The van der Waals surface area contributed by atoms with Crippen molar-refractivity contribution in [2.24, 2.45) is 0 Å². The van der Waals surface area contributed by atoms with Gasteiger partial charge in [0.05, 0.1) is 0 Å². The lowest BCUT2D eigenvalue weighted by atomic mass is 9.96. The van der Waals surface area contributed by atoms with E-state index in [0.717, 1.165) is 22.1 Å². The molecule has 1 heterocycles. The van der Waals surface area contributed by atoms with E-state index < -0.39 is 5.97 Å². The Hall–Kier alpha value is -1.77. The number of aryl methyl sites for hydroxylation is 2. The Labute approximate surface area is 100 Å². The maximum absolute atomic E-state index is 11.2. The first kappa shape index (κ1) is 11.7. The maximum Gasteiger partial charge on any atom is 0.372 e. The molecule has 17 heavy (non-hydrogen) atoms. The molecular formula is C14H16O3. The quantitative estimate of drug-likeness (QED) is 0.855. The minimum atomic E-state index is -0.998. The normalized spacial score (nSPS) is 11.4. The Bertz CT molecular complexity index is 591. The number of fused-ring (bicyclic) bond motifs is 1. The second kappa shape index (κ2) is 3.91. The highest BCUT2D eigenvalue weighted by molar-refractivity contribution is 5.97. The van der Waals surface area contributed by atoms with Crippen LogP contribution in [0.1, 0.15) is 47.0 Å². The Kier molecular flexibility index (Phi) is 2.69. The Balaban J connectivity index is 2.90. The number of carboxylic acid groups (broad SMARTS) is 1. The highest BCUT2D eigenvalue weighted by Gasteiger charge is 2.23. The van der Waals surface area contributed by atoms with Crippen LogP contribution in [-0.4, -0.2) is 11.1 Å². The minimum absolute atomic E-state index is 0.0729. The molecule has 1 N–H and O–H groups in total. The van der Waals surface area contributed by atoms with Crippen LogP contribution in [0, 0.1) is 13.8 Å². The van der Waals surface area contributed by atoms with Crippen LogP contribution in [-0.2, 0) is 0 Å². The molecule has 2 rings (SSSR count). The zero-order valence-corrected chi connectivity index (χ0v) is 10.5. The van der Waals surface area contributed by atoms with E-state index in [4.69, 9.17) is 4.42 Å². The van der Waals surface area contributed by atoms with E-state index in [0.29, 0.717) is 5.58 Å². The van der Waals surface area contributed by atoms with Crippen molar-refractivity contribution in [3.8, 4) is 0 Å². The van der Waals surface area contributed by atoms with E-state index in [1.165, 1.54) is 0 Å². The third kappa shape index (κ3) is 1.82. The van der Waals surface area contributed by atoms with Gasteiger partial charge in [0.2, 0.25) is 5.76 Å². The summed E-state index contributed by atoms with van der Waals surface area (Å²) in [5, 5.41) is 10.1. The smallest absolute Gasteiger partial charge is 0.372 e. The number of carboxylic acids is 1. The van der Waals surface area contributed by atoms with Crippen LogP contribution < -0.4 is 0 Å². The molecule has 0 aliphatic carbocycles. The molecule has 2 aromatic rings. The summed E-state index contributed by atoms with van der Waals surface area (Å²) in [5.74, 6) is -0.797. The Morgan fingerprint density at radius 1 is 1.29 bits per heavy atom. The lowest BCUT2D eigenvalue weighted by molar-refractivity contribution is 0.0663. The number of rotatable bonds is 2. The zero-order chi connectivity index (χ0) is 12.7. The predicted octanol–water partition coefficient (Wildman–Crippen LogP) is 3.87. The molecule has 1 aromatic carbocycles. The van der Waals surface area contributed by atoms with Gasteiger partial charge in [0, 0.05) is 10.9 Å². The maximum atomic E-state index is 11.2. The number of hydrogen-bond donors (Lipinski definition) is 1. The lowest BCUT2D eigenvalue weighted by Crippen LogP contribution is -2.00. The van der Waals surface area contributed by atoms with Gasteiger partial charge in [-0.3, -0.25) is 0 Å². The molecule has 0 unspecified atom stereocenters. The number of aromatic carboxylic acids is 1.